The SMILES string of the molecule is Cc1nc(NCc2cnn(Cc3ccc(F)cc3)c2)nc2c1NC(=O)[C@H](C(C)O)N2C. The molecule has 3 N–H and O–H groups in total. The van der Waals surface area contributed by atoms with Gasteiger partial charge in [0.2, 0.25) is 11.9 Å². The van der Waals surface area contributed by atoms with E-state index in [2.05, 4.69) is 25.7 Å². The molecule has 4 rings (SSSR count). The van der Waals surface area contributed by atoms with Gasteiger partial charge in [0, 0.05) is 25.4 Å². The molecule has 0 bridgehead atoms. The van der Waals surface area contributed by atoms with Crippen LogP contribution in [0.3, 0.4) is 0 Å². The fraction of sp³-hybridized carbons (Fsp3) is 0.333. The molecule has 1 aromatic carbocycles. The third-order valence-corrected chi connectivity index (χ3v) is 5.19. The van der Waals surface area contributed by atoms with Crippen molar-refractivity contribution in [1.29, 1.82) is 0 Å². The summed E-state index contributed by atoms with van der Waals surface area (Å²) in [7, 11) is 1.73. The Morgan fingerprint density at radius 1 is 1.26 bits per heavy atom. The van der Waals surface area contributed by atoms with Gasteiger partial charge < -0.3 is 20.6 Å². The van der Waals surface area contributed by atoms with Crippen LogP contribution in [0.1, 0.15) is 23.7 Å². The van der Waals surface area contributed by atoms with Crippen molar-refractivity contribution < 1.29 is 14.3 Å². The van der Waals surface area contributed by atoms with Crippen LogP contribution in [0.4, 0.5) is 21.8 Å². The quantitative estimate of drug-likeness (QED) is 0.554. The van der Waals surface area contributed by atoms with Crippen molar-refractivity contribution in [3.05, 3.63) is 59.3 Å². The summed E-state index contributed by atoms with van der Waals surface area (Å²) in [5.41, 5.74) is 3.06. The summed E-state index contributed by atoms with van der Waals surface area (Å²) in [6.45, 7) is 4.36. The molecule has 2 aromatic heterocycles. The van der Waals surface area contributed by atoms with Gasteiger partial charge in [-0.05, 0) is 31.5 Å². The molecule has 31 heavy (non-hydrogen) atoms. The predicted octanol–water partition coefficient (Wildman–Crippen LogP) is 1.92. The van der Waals surface area contributed by atoms with Gasteiger partial charge >= 0.3 is 0 Å². The number of amides is 1. The maximum absolute atomic E-state index is 13.1. The van der Waals surface area contributed by atoms with Crippen LogP contribution in [-0.2, 0) is 17.9 Å². The molecule has 9 nitrogen and oxygen atoms in total. The number of fused-ring (bicyclic) bond motifs is 1. The molecule has 162 valence electrons. The van der Waals surface area contributed by atoms with Gasteiger partial charge in [-0.25, -0.2) is 9.37 Å². The average Bonchev–Trinajstić information content (AvgIpc) is 3.16. The number of carbonyl (C=O) groups excluding carboxylic acids is 1. The number of hydrogen-bond donors (Lipinski definition) is 3. The topological polar surface area (TPSA) is 108 Å². The van der Waals surface area contributed by atoms with Crippen LogP contribution in [-0.4, -0.2) is 50.0 Å². The molecule has 3 heterocycles. The molecule has 0 aliphatic carbocycles. The first-order valence-corrected chi connectivity index (χ1v) is 9.92. The van der Waals surface area contributed by atoms with Gasteiger partial charge in [-0.3, -0.25) is 9.48 Å². The van der Waals surface area contributed by atoms with Crippen molar-refractivity contribution in [3.63, 3.8) is 0 Å². The largest absolute Gasteiger partial charge is 0.391 e. The zero-order chi connectivity index (χ0) is 22.1. The van der Waals surface area contributed by atoms with Crippen LogP contribution in [0.2, 0.25) is 0 Å². The summed E-state index contributed by atoms with van der Waals surface area (Å²) in [6, 6.07) is 5.60. The van der Waals surface area contributed by atoms with E-state index < -0.39 is 12.1 Å². The number of nitrogens with zero attached hydrogens (tertiary/aromatic N) is 5. The number of halogens is 1. The highest BCUT2D eigenvalue weighted by molar-refractivity contribution is 6.03. The highest BCUT2D eigenvalue weighted by Gasteiger charge is 2.36. The molecule has 1 amide bonds. The smallest absolute Gasteiger partial charge is 0.249 e. The van der Waals surface area contributed by atoms with Gasteiger partial charge in [-0.1, -0.05) is 12.1 Å². The summed E-state index contributed by atoms with van der Waals surface area (Å²) >= 11 is 0. The Labute approximate surface area is 178 Å². The molecule has 0 saturated carbocycles. The van der Waals surface area contributed by atoms with E-state index in [0.717, 1.165) is 11.1 Å². The van der Waals surface area contributed by atoms with E-state index >= 15 is 0 Å². The average molecular weight is 425 g/mol. The highest BCUT2D eigenvalue weighted by Crippen LogP contribution is 2.33. The first kappa shape index (κ1) is 20.7. The highest BCUT2D eigenvalue weighted by atomic mass is 19.1. The monoisotopic (exact) mass is 425 g/mol. The lowest BCUT2D eigenvalue weighted by Crippen LogP contribution is -2.52. The van der Waals surface area contributed by atoms with Crippen LogP contribution in [0.15, 0.2) is 36.7 Å². The van der Waals surface area contributed by atoms with Crippen LogP contribution < -0.4 is 15.5 Å². The van der Waals surface area contributed by atoms with Crippen LogP contribution >= 0.6 is 0 Å². The second-order valence-corrected chi connectivity index (χ2v) is 7.64. The van der Waals surface area contributed by atoms with E-state index in [1.165, 1.54) is 12.1 Å². The third-order valence-electron chi connectivity index (χ3n) is 5.19. The fourth-order valence-corrected chi connectivity index (χ4v) is 3.63. The maximum atomic E-state index is 13.1. The van der Waals surface area contributed by atoms with Crippen molar-refractivity contribution in [2.45, 2.75) is 39.1 Å². The number of nitrogens with one attached hydrogen (secondary N) is 2. The summed E-state index contributed by atoms with van der Waals surface area (Å²) in [5.74, 6) is 0.410. The number of aromatic nitrogens is 4. The Morgan fingerprint density at radius 3 is 2.71 bits per heavy atom. The molecular weight excluding hydrogens is 401 g/mol. The van der Waals surface area contributed by atoms with Gasteiger partial charge in [0.25, 0.3) is 0 Å². The number of aliphatic hydroxyl groups excluding tert-OH is 1. The number of anilines is 3. The van der Waals surface area contributed by atoms with E-state index in [-0.39, 0.29) is 11.7 Å². The summed E-state index contributed by atoms with van der Waals surface area (Å²) < 4.78 is 14.8. The van der Waals surface area contributed by atoms with Crippen molar-refractivity contribution in [3.8, 4) is 0 Å². The van der Waals surface area contributed by atoms with Gasteiger partial charge in [-0.2, -0.15) is 10.1 Å². The van der Waals surface area contributed by atoms with Gasteiger partial charge in [0.15, 0.2) is 5.82 Å². The number of benzene rings is 1. The van der Waals surface area contributed by atoms with E-state index in [4.69, 9.17) is 0 Å². The molecule has 0 radical (unpaired) electrons. The third kappa shape index (κ3) is 4.33. The molecule has 1 aliphatic heterocycles. The summed E-state index contributed by atoms with van der Waals surface area (Å²) in [5, 5.41) is 20.3. The van der Waals surface area contributed by atoms with Crippen molar-refractivity contribution >= 4 is 23.4 Å². The minimum absolute atomic E-state index is 0.264. The van der Waals surface area contributed by atoms with E-state index in [1.54, 1.807) is 48.8 Å². The van der Waals surface area contributed by atoms with Crippen molar-refractivity contribution in [1.82, 2.24) is 19.7 Å². The lowest BCUT2D eigenvalue weighted by atomic mass is 10.1. The summed E-state index contributed by atoms with van der Waals surface area (Å²) in [4.78, 5) is 22.9. The van der Waals surface area contributed by atoms with Crippen LogP contribution in [0, 0.1) is 12.7 Å². The van der Waals surface area contributed by atoms with E-state index in [0.29, 0.717) is 36.2 Å². The lowest BCUT2D eigenvalue weighted by molar-refractivity contribution is -0.119. The minimum atomic E-state index is -0.850. The van der Waals surface area contributed by atoms with Crippen molar-refractivity contribution in [2.24, 2.45) is 0 Å². The molecule has 0 fully saturated rings. The number of aryl methyl sites for hydroxylation is 1. The first-order valence-electron chi connectivity index (χ1n) is 9.92. The first-order chi connectivity index (χ1) is 14.8. The Hall–Kier alpha value is -3.53. The van der Waals surface area contributed by atoms with Crippen LogP contribution in [0.25, 0.3) is 0 Å². The zero-order valence-electron chi connectivity index (χ0n) is 17.5. The predicted molar refractivity (Wildman–Crippen MR) is 114 cm³/mol. The number of aliphatic hydroxyl groups is 1. The molecular formula is C21H24FN7O2. The fourth-order valence-electron chi connectivity index (χ4n) is 3.63. The number of carbonyl (C=O) groups is 1. The van der Waals surface area contributed by atoms with Gasteiger partial charge in [0.1, 0.15) is 17.5 Å². The number of likely N-dealkylation sites (N-methyl/N-ethyl adjacent to an activating group) is 1. The number of hydrogen-bond acceptors (Lipinski definition) is 7. The van der Waals surface area contributed by atoms with E-state index in [9.17, 15) is 14.3 Å². The molecule has 1 unspecified atom stereocenters. The van der Waals surface area contributed by atoms with Gasteiger partial charge in [0.05, 0.1) is 24.5 Å². The second-order valence-electron chi connectivity index (χ2n) is 7.64. The minimum Gasteiger partial charge on any atom is -0.391 e. The second kappa shape index (κ2) is 8.31. The normalized spacial score (nSPS) is 16.6. The van der Waals surface area contributed by atoms with Gasteiger partial charge in [-0.15, -0.1) is 0 Å². The summed E-state index contributed by atoms with van der Waals surface area (Å²) in [6.07, 6.45) is 2.80. The molecule has 2 atom stereocenters. The Bertz CT molecular complexity index is 1100. The molecule has 10 heteroatoms. The van der Waals surface area contributed by atoms with E-state index in [1.807, 2.05) is 6.20 Å². The Balaban J connectivity index is 1.46. The van der Waals surface area contributed by atoms with Crippen molar-refractivity contribution in [2.75, 3.05) is 22.6 Å². The Kier molecular flexibility index (Phi) is 5.55. The molecule has 3 aromatic rings. The molecule has 0 saturated heterocycles. The lowest BCUT2D eigenvalue weighted by Gasteiger charge is -2.36. The molecule has 1 aliphatic rings. The standard InChI is InChI=1S/C21H24FN7O2/c1-12-17-19(28(3)18(13(2)30)20(31)26-17)27-21(25-12)23-8-15-9-24-29(11-15)10-14-4-6-16(22)7-5-14/h4-7,9,11,13,18,30H,8,10H2,1-3H3,(H,26,31)(H,23,25,27)/t13?,18-/m0/s1. The zero-order valence-corrected chi connectivity index (χ0v) is 17.5. The maximum Gasteiger partial charge on any atom is 0.249 e. The Morgan fingerprint density at radius 2 is 2.00 bits per heavy atom. The molecule has 0 spiro atoms. The number of rotatable bonds is 6. The van der Waals surface area contributed by atoms with Crippen LogP contribution in [0.5, 0.6) is 0 Å².